The van der Waals surface area contributed by atoms with E-state index in [-0.39, 0.29) is 11.9 Å². The summed E-state index contributed by atoms with van der Waals surface area (Å²) in [4.78, 5) is 20.2. The molecule has 0 saturated carbocycles. The van der Waals surface area contributed by atoms with Crippen LogP contribution in [-0.4, -0.2) is 36.4 Å². The number of nitrogens with zero attached hydrogens (tertiary/aromatic N) is 3. The SMILES string of the molecule is CC(=O)N1CCCC1c1cc(N(C)C)cc(C)n1. The van der Waals surface area contributed by atoms with E-state index in [0.717, 1.165) is 36.5 Å². The van der Waals surface area contributed by atoms with Crippen LogP contribution in [0.25, 0.3) is 0 Å². The van der Waals surface area contributed by atoms with Crippen molar-refractivity contribution in [3.63, 3.8) is 0 Å². The van der Waals surface area contributed by atoms with Gasteiger partial charge in [0.1, 0.15) is 0 Å². The average molecular weight is 247 g/mol. The second kappa shape index (κ2) is 4.96. The summed E-state index contributed by atoms with van der Waals surface area (Å²) < 4.78 is 0. The molecule has 2 rings (SSSR count). The Kier molecular flexibility index (Phi) is 3.55. The minimum absolute atomic E-state index is 0.146. The first-order chi connectivity index (χ1) is 8.49. The summed E-state index contributed by atoms with van der Waals surface area (Å²) in [6.07, 6.45) is 2.08. The quantitative estimate of drug-likeness (QED) is 0.803. The first-order valence-electron chi connectivity index (χ1n) is 6.42. The number of anilines is 1. The molecule has 98 valence electrons. The monoisotopic (exact) mass is 247 g/mol. The van der Waals surface area contributed by atoms with Crippen molar-refractivity contribution in [2.24, 2.45) is 0 Å². The van der Waals surface area contributed by atoms with E-state index in [0.29, 0.717) is 0 Å². The largest absolute Gasteiger partial charge is 0.378 e. The molecule has 1 amide bonds. The molecule has 1 fully saturated rings. The molecule has 0 N–H and O–H groups in total. The number of aromatic nitrogens is 1. The van der Waals surface area contributed by atoms with Gasteiger partial charge in [0.15, 0.2) is 0 Å². The highest BCUT2D eigenvalue weighted by Crippen LogP contribution is 2.32. The third kappa shape index (κ3) is 2.47. The number of rotatable bonds is 2. The molecule has 4 heteroatoms. The summed E-state index contributed by atoms with van der Waals surface area (Å²) in [6.45, 7) is 4.50. The lowest BCUT2D eigenvalue weighted by Crippen LogP contribution is -2.28. The summed E-state index contributed by atoms with van der Waals surface area (Å²) in [6, 6.07) is 4.32. The first-order valence-corrected chi connectivity index (χ1v) is 6.42. The molecule has 0 bridgehead atoms. The fourth-order valence-corrected chi connectivity index (χ4v) is 2.56. The molecule has 2 heterocycles. The highest BCUT2D eigenvalue weighted by molar-refractivity contribution is 5.74. The van der Waals surface area contributed by atoms with Gasteiger partial charge in [-0.25, -0.2) is 0 Å². The molecule has 0 aromatic carbocycles. The maximum absolute atomic E-state index is 11.6. The van der Waals surface area contributed by atoms with Crippen LogP contribution in [0, 0.1) is 6.92 Å². The molecule has 0 aliphatic carbocycles. The van der Waals surface area contributed by atoms with Crippen molar-refractivity contribution in [3.05, 3.63) is 23.5 Å². The lowest BCUT2D eigenvalue weighted by molar-refractivity contribution is -0.129. The molecule has 4 nitrogen and oxygen atoms in total. The number of likely N-dealkylation sites (tertiary alicyclic amines) is 1. The maximum atomic E-state index is 11.6. The number of aryl methyl sites for hydroxylation is 1. The predicted molar refractivity (Wildman–Crippen MR) is 72.7 cm³/mol. The zero-order valence-corrected chi connectivity index (χ0v) is 11.6. The molecule has 1 aromatic heterocycles. The van der Waals surface area contributed by atoms with E-state index in [9.17, 15) is 4.79 Å². The van der Waals surface area contributed by atoms with Crippen LogP contribution in [0.3, 0.4) is 0 Å². The third-order valence-electron chi connectivity index (χ3n) is 3.47. The van der Waals surface area contributed by atoms with E-state index in [1.54, 1.807) is 6.92 Å². The molecular weight excluding hydrogens is 226 g/mol. The lowest BCUT2D eigenvalue weighted by Gasteiger charge is -2.24. The molecule has 1 unspecified atom stereocenters. The Bertz CT molecular complexity index is 456. The van der Waals surface area contributed by atoms with E-state index in [4.69, 9.17) is 0 Å². The second-order valence-electron chi connectivity index (χ2n) is 5.16. The van der Waals surface area contributed by atoms with Crippen molar-refractivity contribution in [1.29, 1.82) is 0 Å². The Balaban J connectivity index is 2.35. The van der Waals surface area contributed by atoms with Gasteiger partial charge in [-0.15, -0.1) is 0 Å². The molecule has 1 atom stereocenters. The zero-order chi connectivity index (χ0) is 13.3. The van der Waals surface area contributed by atoms with Crippen molar-refractivity contribution < 1.29 is 4.79 Å². The van der Waals surface area contributed by atoms with Crippen LogP contribution in [-0.2, 0) is 4.79 Å². The molecule has 1 aliphatic rings. The number of hydrogen-bond acceptors (Lipinski definition) is 3. The van der Waals surface area contributed by atoms with Gasteiger partial charge in [-0.1, -0.05) is 0 Å². The minimum atomic E-state index is 0.146. The van der Waals surface area contributed by atoms with Crippen LogP contribution in [0.4, 0.5) is 5.69 Å². The summed E-state index contributed by atoms with van der Waals surface area (Å²) >= 11 is 0. The van der Waals surface area contributed by atoms with E-state index in [2.05, 4.69) is 22.0 Å². The smallest absolute Gasteiger partial charge is 0.220 e. The summed E-state index contributed by atoms with van der Waals surface area (Å²) in [5.74, 6) is 0.146. The first kappa shape index (κ1) is 12.9. The average Bonchev–Trinajstić information content (AvgIpc) is 2.76. The number of hydrogen-bond donors (Lipinski definition) is 0. The second-order valence-corrected chi connectivity index (χ2v) is 5.16. The van der Waals surface area contributed by atoms with Crippen LogP contribution in [0.5, 0.6) is 0 Å². The Morgan fingerprint density at radius 3 is 2.78 bits per heavy atom. The summed E-state index contributed by atoms with van der Waals surface area (Å²) in [7, 11) is 4.05. The van der Waals surface area contributed by atoms with Gasteiger partial charge >= 0.3 is 0 Å². The topological polar surface area (TPSA) is 36.4 Å². The van der Waals surface area contributed by atoms with Gasteiger partial charge in [0.25, 0.3) is 0 Å². The van der Waals surface area contributed by atoms with E-state index in [1.807, 2.05) is 25.9 Å². The Hall–Kier alpha value is -1.58. The van der Waals surface area contributed by atoms with Gasteiger partial charge in [-0.2, -0.15) is 0 Å². The molecule has 1 aliphatic heterocycles. The van der Waals surface area contributed by atoms with Gasteiger partial charge < -0.3 is 9.80 Å². The van der Waals surface area contributed by atoms with Gasteiger partial charge in [-0.3, -0.25) is 9.78 Å². The summed E-state index contributed by atoms with van der Waals surface area (Å²) in [5, 5.41) is 0. The Morgan fingerprint density at radius 2 is 2.17 bits per heavy atom. The lowest BCUT2D eigenvalue weighted by atomic mass is 10.1. The van der Waals surface area contributed by atoms with E-state index < -0.39 is 0 Å². The van der Waals surface area contributed by atoms with Gasteiger partial charge in [0.05, 0.1) is 11.7 Å². The molecule has 1 saturated heterocycles. The van der Waals surface area contributed by atoms with Crippen molar-refractivity contribution >= 4 is 11.6 Å². The van der Waals surface area contributed by atoms with Gasteiger partial charge in [0, 0.05) is 38.9 Å². The van der Waals surface area contributed by atoms with Crippen LogP contribution in [0.2, 0.25) is 0 Å². The summed E-state index contributed by atoms with van der Waals surface area (Å²) in [5.41, 5.74) is 3.17. The Labute approximate surface area is 109 Å². The number of carbonyl (C=O) groups is 1. The van der Waals surface area contributed by atoms with Crippen LogP contribution < -0.4 is 4.90 Å². The van der Waals surface area contributed by atoms with E-state index in [1.165, 1.54) is 0 Å². The molecule has 1 aromatic rings. The molecule has 0 radical (unpaired) electrons. The van der Waals surface area contributed by atoms with Crippen molar-refractivity contribution in [3.8, 4) is 0 Å². The normalized spacial score (nSPS) is 19.1. The number of carbonyl (C=O) groups excluding carboxylic acids is 1. The zero-order valence-electron chi connectivity index (χ0n) is 11.6. The fourth-order valence-electron chi connectivity index (χ4n) is 2.56. The highest BCUT2D eigenvalue weighted by Gasteiger charge is 2.29. The van der Waals surface area contributed by atoms with Crippen LogP contribution in [0.15, 0.2) is 12.1 Å². The van der Waals surface area contributed by atoms with Gasteiger partial charge in [0.2, 0.25) is 5.91 Å². The molecular formula is C14H21N3O. The molecule has 0 spiro atoms. The predicted octanol–water partition coefficient (Wildman–Crippen LogP) is 2.14. The standard InChI is InChI=1S/C14H21N3O/c1-10-8-12(16(3)4)9-13(15-10)14-6-5-7-17(14)11(2)18/h8-9,14H,5-7H2,1-4H3. The van der Waals surface area contributed by atoms with Crippen molar-refractivity contribution in [2.75, 3.05) is 25.5 Å². The Morgan fingerprint density at radius 1 is 1.44 bits per heavy atom. The van der Waals surface area contributed by atoms with Crippen LogP contribution >= 0.6 is 0 Å². The third-order valence-corrected chi connectivity index (χ3v) is 3.47. The number of pyridine rings is 1. The van der Waals surface area contributed by atoms with E-state index >= 15 is 0 Å². The maximum Gasteiger partial charge on any atom is 0.220 e. The van der Waals surface area contributed by atoms with Crippen molar-refractivity contribution in [1.82, 2.24) is 9.88 Å². The highest BCUT2D eigenvalue weighted by atomic mass is 16.2. The van der Waals surface area contributed by atoms with Crippen LogP contribution in [0.1, 0.15) is 37.2 Å². The number of amides is 1. The van der Waals surface area contributed by atoms with Crippen molar-refractivity contribution in [2.45, 2.75) is 32.7 Å². The fraction of sp³-hybridized carbons (Fsp3) is 0.571. The molecule has 18 heavy (non-hydrogen) atoms. The minimum Gasteiger partial charge on any atom is -0.378 e. The van der Waals surface area contributed by atoms with Gasteiger partial charge in [-0.05, 0) is 31.9 Å².